The van der Waals surface area contributed by atoms with Gasteiger partial charge in [-0.05, 0) is 29.8 Å². The molecule has 1 aliphatic heterocycles. The molecular weight excluding hydrogens is 413 g/mol. The molecule has 0 aliphatic carbocycles. The Morgan fingerprint density at radius 2 is 2.00 bits per heavy atom. The van der Waals surface area contributed by atoms with E-state index in [4.69, 9.17) is 32.5 Å². The highest BCUT2D eigenvalue weighted by Crippen LogP contribution is 2.37. The normalized spacial score (nSPS) is 17.0. The Hall–Kier alpha value is -2.13. The minimum atomic E-state index is -4.14. The summed E-state index contributed by atoms with van der Waals surface area (Å²) in [6, 6.07) is 11.0. The highest BCUT2D eigenvalue weighted by atomic mass is 35.5. The van der Waals surface area contributed by atoms with Gasteiger partial charge in [0.25, 0.3) is 0 Å². The third-order valence-electron chi connectivity index (χ3n) is 3.93. The van der Waals surface area contributed by atoms with Gasteiger partial charge < -0.3 is 4.18 Å². The van der Waals surface area contributed by atoms with Crippen molar-refractivity contribution in [2.75, 3.05) is 0 Å². The zero-order chi connectivity index (χ0) is 19.8. The number of rotatable bonds is 4. The minimum Gasteiger partial charge on any atom is -0.371 e. The summed E-state index contributed by atoms with van der Waals surface area (Å²) in [5, 5.41) is 11.6. The second-order valence-corrected chi connectivity index (χ2v) is 7.90. The molecule has 7 nitrogen and oxygen atoms in total. The van der Waals surface area contributed by atoms with Crippen LogP contribution in [0.4, 0.5) is 0 Å². The first-order valence-electron chi connectivity index (χ1n) is 7.79. The molecule has 1 aliphatic rings. The van der Waals surface area contributed by atoms with E-state index in [-0.39, 0.29) is 11.7 Å². The van der Waals surface area contributed by atoms with Crippen LogP contribution < -0.4 is 9.32 Å². The average molecular weight is 428 g/mol. The maximum absolute atomic E-state index is 12.1. The summed E-state index contributed by atoms with van der Waals surface area (Å²) in [7, 11) is -4.14. The molecule has 10 heteroatoms. The molecule has 1 atom stereocenters. The number of nitrogens with two attached hydrogens (primary N) is 1. The van der Waals surface area contributed by atoms with Crippen molar-refractivity contribution in [3.05, 3.63) is 63.6 Å². The molecule has 142 valence electrons. The maximum atomic E-state index is 12.1. The highest BCUT2D eigenvalue weighted by molar-refractivity contribution is 7.84. The fraction of sp³-hybridized carbons (Fsp3) is 0.176. The lowest BCUT2D eigenvalue weighted by Crippen LogP contribution is -2.24. The molecule has 0 aromatic heterocycles. The number of amides is 1. The lowest BCUT2D eigenvalue weighted by Gasteiger charge is -2.21. The smallest absolute Gasteiger partial charge is 0.371 e. The van der Waals surface area contributed by atoms with E-state index in [1.54, 1.807) is 30.3 Å². The maximum Gasteiger partial charge on any atom is 0.380 e. The molecule has 3 rings (SSSR count). The van der Waals surface area contributed by atoms with E-state index < -0.39 is 16.3 Å². The van der Waals surface area contributed by atoms with Gasteiger partial charge in [0.2, 0.25) is 5.91 Å². The van der Waals surface area contributed by atoms with Crippen LogP contribution in [-0.2, 0) is 15.1 Å². The number of hydrogen-bond donors (Lipinski definition) is 1. The van der Waals surface area contributed by atoms with Gasteiger partial charge in [-0.15, -0.1) is 0 Å². The third kappa shape index (κ3) is 4.59. The molecule has 0 fully saturated rings. The number of benzene rings is 2. The molecule has 1 heterocycles. The number of carbonyl (C=O) groups is 1. The monoisotopic (exact) mass is 427 g/mol. The molecule has 0 spiro atoms. The first kappa shape index (κ1) is 19.6. The van der Waals surface area contributed by atoms with Crippen molar-refractivity contribution < 1.29 is 17.4 Å². The molecule has 2 N–H and O–H groups in total. The quantitative estimate of drug-likeness (QED) is 0.808. The molecule has 0 saturated heterocycles. The summed E-state index contributed by atoms with van der Waals surface area (Å²) in [6.45, 7) is 1.41. The topological polar surface area (TPSA) is 102 Å². The number of hydrazone groups is 1. The lowest BCUT2D eigenvalue weighted by atomic mass is 9.98. The lowest BCUT2D eigenvalue weighted by molar-refractivity contribution is -0.130. The van der Waals surface area contributed by atoms with Crippen LogP contribution in [0, 0.1) is 0 Å². The van der Waals surface area contributed by atoms with Gasteiger partial charge in [0.1, 0.15) is 5.75 Å². The molecule has 0 saturated carbocycles. The molecule has 27 heavy (non-hydrogen) atoms. The fourth-order valence-corrected chi connectivity index (χ4v) is 3.76. The van der Waals surface area contributed by atoms with Gasteiger partial charge in [-0.3, -0.25) is 4.79 Å². The summed E-state index contributed by atoms with van der Waals surface area (Å²) >= 11 is 12.2. The Bertz CT molecular complexity index is 1040. The molecule has 1 amide bonds. The van der Waals surface area contributed by atoms with Crippen molar-refractivity contribution in [3.8, 4) is 5.75 Å². The van der Waals surface area contributed by atoms with Crippen molar-refractivity contribution in [2.24, 2.45) is 10.2 Å². The standard InChI is InChI=1S/C17H15Cl2N3O4S/c1-10(23)22-17(14-6-5-12(18)8-15(14)19)9-16(21-22)11-3-2-4-13(7-11)26-27(20,24)25/h2-8,17H,9H2,1H3,(H2,20,24,25). The molecular formula is C17H15Cl2N3O4S. The van der Waals surface area contributed by atoms with Crippen LogP contribution in [0.1, 0.15) is 30.5 Å². The fourth-order valence-electron chi connectivity index (χ4n) is 2.85. The molecule has 2 aromatic carbocycles. The Labute approximate surface area is 166 Å². The third-order valence-corrected chi connectivity index (χ3v) is 4.92. The Morgan fingerprint density at radius 1 is 1.26 bits per heavy atom. The highest BCUT2D eigenvalue weighted by Gasteiger charge is 2.32. The summed E-state index contributed by atoms with van der Waals surface area (Å²) in [4.78, 5) is 12.1. The SMILES string of the molecule is CC(=O)N1N=C(c2cccc(OS(N)(=O)=O)c2)CC1c1ccc(Cl)cc1Cl. The van der Waals surface area contributed by atoms with E-state index in [2.05, 4.69) is 5.10 Å². The van der Waals surface area contributed by atoms with Gasteiger partial charge >= 0.3 is 10.3 Å². The first-order chi connectivity index (χ1) is 12.6. The largest absolute Gasteiger partial charge is 0.380 e. The van der Waals surface area contributed by atoms with Gasteiger partial charge in [0, 0.05) is 29.0 Å². The number of hydrogen-bond acceptors (Lipinski definition) is 5. The minimum absolute atomic E-state index is 0.0556. The van der Waals surface area contributed by atoms with Crippen LogP contribution in [-0.4, -0.2) is 25.0 Å². The van der Waals surface area contributed by atoms with E-state index in [9.17, 15) is 13.2 Å². The van der Waals surface area contributed by atoms with E-state index in [0.717, 1.165) is 0 Å². The van der Waals surface area contributed by atoms with Crippen LogP contribution >= 0.6 is 23.2 Å². The van der Waals surface area contributed by atoms with Gasteiger partial charge in [-0.25, -0.2) is 5.01 Å². The van der Waals surface area contributed by atoms with Crippen molar-refractivity contribution in [3.63, 3.8) is 0 Å². The van der Waals surface area contributed by atoms with Crippen LogP contribution in [0.2, 0.25) is 10.0 Å². The number of carbonyl (C=O) groups excluding carboxylic acids is 1. The Balaban J connectivity index is 1.95. The van der Waals surface area contributed by atoms with Gasteiger partial charge in [-0.1, -0.05) is 41.4 Å². The zero-order valence-electron chi connectivity index (χ0n) is 14.1. The molecule has 0 radical (unpaired) electrons. The van der Waals surface area contributed by atoms with E-state index in [1.165, 1.54) is 24.1 Å². The predicted molar refractivity (Wildman–Crippen MR) is 103 cm³/mol. The summed E-state index contributed by atoms with van der Waals surface area (Å²) in [5.41, 5.74) is 1.91. The van der Waals surface area contributed by atoms with E-state index in [0.29, 0.717) is 33.3 Å². The molecule has 0 bridgehead atoms. The van der Waals surface area contributed by atoms with Crippen LogP contribution in [0.15, 0.2) is 47.6 Å². The first-order valence-corrected chi connectivity index (χ1v) is 10.0. The van der Waals surface area contributed by atoms with Crippen molar-refractivity contribution in [2.45, 2.75) is 19.4 Å². The molecule has 1 unspecified atom stereocenters. The summed E-state index contributed by atoms with van der Waals surface area (Å²) < 4.78 is 26.9. The Morgan fingerprint density at radius 3 is 2.63 bits per heavy atom. The van der Waals surface area contributed by atoms with Crippen molar-refractivity contribution in [1.82, 2.24) is 5.01 Å². The average Bonchev–Trinajstić information content (AvgIpc) is 2.99. The van der Waals surface area contributed by atoms with Crippen molar-refractivity contribution >= 4 is 45.1 Å². The van der Waals surface area contributed by atoms with E-state index in [1.807, 2.05) is 0 Å². The summed E-state index contributed by atoms with van der Waals surface area (Å²) in [5.74, 6) is -0.196. The summed E-state index contributed by atoms with van der Waals surface area (Å²) in [6.07, 6.45) is 0.389. The van der Waals surface area contributed by atoms with Crippen molar-refractivity contribution in [1.29, 1.82) is 0 Å². The number of nitrogens with zero attached hydrogens (tertiary/aromatic N) is 2. The zero-order valence-corrected chi connectivity index (χ0v) is 16.4. The predicted octanol–water partition coefficient (Wildman–Crippen LogP) is 3.27. The Kier molecular flexibility index (Phi) is 5.43. The van der Waals surface area contributed by atoms with Gasteiger partial charge in [0.15, 0.2) is 0 Å². The second-order valence-electron chi connectivity index (χ2n) is 5.90. The second kappa shape index (κ2) is 7.47. The number of halogens is 2. The molecule has 2 aromatic rings. The van der Waals surface area contributed by atoms with Gasteiger partial charge in [0.05, 0.1) is 11.8 Å². The van der Waals surface area contributed by atoms with Crippen LogP contribution in [0.5, 0.6) is 5.75 Å². The van der Waals surface area contributed by atoms with Gasteiger partial charge in [-0.2, -0.15) is 18.7 Å². The van der Waals surface area contributed by atoms with Crippen LogP contribution in [0.3, 0.4) is 0 Å². The van der Waals surface area contributed by atoms with Crippen LogP contribution in [0.25, 0.3) is 0 Å². The van der Waals surface area contributed by atoms with E-state index >= 15 is 0 Å².